The summed E-state index contributed by atoms with van der Waals surface area (Å²) in [6, 6.07) is 0.356. The molecule has 0 aromatic heterocycles. The highest BCUT2D eigenvalue weighted by Gasteiger charge is 2.26. The van der Waals surface area contributed by atoms with Crippen molar-refractivity contribution < 1.29 is 0 Å². The van der Waals surface area contributed by atoms with E-state index in [2.05, 4.69) is 92.6 Å². The van der Waals surface area contributed by atoms with E-state index in [0.717, 1.165) is 18.5 Å². The molecule has 0 rings (SSSR count). The summed E-state index contributed by atoms with van der Waals surface area (Å²) in [4.78, 5) is 0. The van der Waals surface area contributed by atoms with Crippen LogP contribution in [0, 0.1) is 23.2 Å². The molecule has 3 atom stereocenters. The van der Waals surface area contributed by atoms with Crippen LogP contribution in [-0.4, -0.2) is 6.04 Å². The molecule has 24 heavy (non-hydrogen) atoms. The van der Waals surface area contributed by atoms with Crippen molar-refractivity contribution >= 4 is 0 Å². The van der Waals surface area contributed by atoms with Crippen LogP contribution in [0.3, 0.4) is 0 Å². The number of nitrogens with one attached hydrogen (secondary N) is 1. The van der Waals surface area contributed by atoms with Gasteiger partial charge in [-0.05, 0) is 50.9 Å². The van der Waals surface area contributed by atoms with E-state index in [4.69, 9.17) is 0 Å². The molecule has 1 nitrogen and oxygen atoms in total. The first-order chi connectivity index (χ1) is 11.0. The highest BCUT2D eigenvalue weighted by molar-refractivity contribution is 5.15. The number of rotatable bonds is 11. The Bertz CT molecular complexity index is 464. The second kappa shape index (κ2) is 9.91. The standard InChI is InChI=1S/C23H41N/c1-12-18(7)14-22(21(13-2)16(3)4)20(9)24-19(8)15-23(10,11)17(5)6/h12-13,16,18,20,22,24H,1,5,8,14-15H2,2-4,6-7,9-11H3/b21-13-. The van der Waals surface area contributed by atoms with Crippen LogP contribution in [0.15, 0.2) is 48.7 Å². The van der Waals surface area contributed by atoms with Gasteiger partial charge in [0.05, 0.1) is 0 Å². The molecule has 0 aromatic rings. The molecule has 0 fully saturated rings. The average Bonchev–Trinajstić information content (AvgIpc) is 2.45. The fourth-order valence-electron chi connectivity index (χ4n) is 3.26. The maximum atomic E-state index is 4.28. The zero-order valence-corrected chi connectivity index (χ0v) is 17.5. The van der Waals surface area contributed by atoms with Gasteiger partial charge in [0, 0.05) is 17.7 Å². The minimum absolute atomic E-state index is 0.0786. The smallest absolute Gasteiger partial charge is 0.0295 e. The van der Waals surface area contributed by atoms with E-state index in [0.29, 0.717) is 23.8 Å². The molecule has 0 aromatic carbocycles. The van der Waals surface area contributed by atoms with Crippen molar-refractivity contribution in [2.24, 2.45) is 23.2 Å². The van der Waals surface area contributed by atoms with Crippen molar-refractivity contribution in [1.29, 1.82) is 0 Å². The molecule has 0 aliphatic heterocycles. The first-order valence-electron chi connectivity index (χ1n) is 9.35. The van der Waals surface area contributed by atoms with E-state index in [1.807, 2.05) is 0 Å². The second-order valence-corrected chi connectivity index (χ2v) is 8.38. The van der Waals surface area contributed by atoms with Crippen molar-refractivity contribution in [2.45, 2.75) is 74.3 Å². The molecule has 0 amide bonds. The van der Waals surface area contributed by atoms with Gasteiger partial charge in [-0.3, -0.25) is 0 Å². The van der Waals surface area contributed by atoms with Crippen LogP contribution in [0.1, 0.15) is 68.2 Å². The van der Waals surface area contributed by atoms with Gasteiger partial charge in [0.1, 0.15) is 0 Å². The summed E-state index contributed by atoms with van der Waals surface area (Å²) in [6.45, 7) is 30.2. The van der Waals surface area contributed by atoms with E-state index < -0.39 is 0 Å². The Morgan fingerprint density at radius 2 is 1.67 bits per heavy atom. The SMILES string of the molecule is C=CC(C)CC(/C(=C\C)C(C)C)C(C)NC(=C)CC(C)(C)C(=C)C. The van der Waals surface area contributed by atoms with E-state index in [1.54, 1.807) is 0 Å². The number of hydrogen-bond acceptors (Lipinski definition) is 1. The minimum atomic E-state index is 0.0786. The van der Waals surface area contributed by atoms with Crippen LogP contribution < -0.4 is 5.32 Å². The Balaban J connectivity index is 5.18. The lowest BCUT2D eigenvalue weighted by molar-refractivity contribution is 0.351. The average molecular weight is 332 g/mol. The van der Waals surface area contributed by atoms with Crippen LogP contribution in [0.4, 0.5) is 0 Å². The molecule has 0 saturated carbocycles. The van der Waals surface area contributed by atoms with Gasteiger partial charge in [0.15, 0.2) is 0 Å². The van der Waals surface area contributed by atoms with Gasteiger partial charge in [-0.15, -0.1) is 6.58 Å². The largest absolute Gasteiger partial charge is 0.386 e. The first-order valence-corrected chi connectivity index (χ1v) is 9.35. The van der Waals surface area contributed by atoms with E-state index in [9.17, 15) is 0 Å². The Labute approximate surface area is 152 Å². The molecule has 0 aliphatic carbocycles. The molecule has 0 bridgehead atoms. The van der Waals surface area contributed by atoms with Gasteiger partial charge in [-0.25, -0.2) is 0 Å². The van der Waals surface area contributed by atoms with E-state index in [-0.39, 0.29) is 5.41 Å². The van der Waals surface area contributed by atoms with Gasteiger partial charge in [0.2, 0.25) is 0 Å². The van der Waals surface area contributed by atoms with Gasteiger partial charge in [0.25, 0.3) is 0 Å². The minimum Gasteiger partial charge on any atom is -0.386 e. The maximum absolute atomic E-state index is 4.28. The summed E-state index contributed by atoms with van der Waals surface area (Å²) in [6.07, 6.45) is 6.40. The third kappa shape index (κ3) is 7.11. The van der Waals surface area contributed by atoms with Crippen LogP contribution in [0.2, 0.25) is 0 Å². The second-order valence-electron chi connectivity index (χ2n) is 8.38. The zero-order chi connectivity index (χ0) is 19.1. The fraction of sp³-hybridized carbons (Fsp3) is 0.652. The third-order valence-electron chi connectivity index (χ3n) is 5.30. The maximum Gasteiger partial charge on any atom is 0.0295 e. The Kier molecular flexibility index (Phi) is 9.40. The normalized spacial score (nSPS) is 16.5. The predicted molar refractivity (Wildman–Crippen MR) is 111 cm³/mol. The van der Waals surface area contributed by atoms with Gasteiger partial charge >= 0.3 is 0 Å². The topological polar surface area (TPSA) is 12.0 Å². The van der Waals surface area contributed by atoms with Crippen LogP contribution in [0.25, 0.3) is 0 Å². The van der Waals surface area contributed by atoms with Crippen LogP contribution in [-0.2, 0) is 0 Å². The van der Waals surface area contributed by atoms with Crippen molar-refractivity contribution in [1.82, 2.24) is 5.32 Å². The van der Waals surface area contributed by atoms with E-state index in [1.165, 1.54) is 11.1 Å². The molecule has 0 radical (unpaired) electrons. The fourth-order valence-corrected chi connectivity index (χ4v) is 3.26. The molecular formula is C23H41N. The Hall–Kier alpha value is -1.24. The highest BCUT2D eigenvalue weighted by atomic mass is 14.9. The summed E-state index contributed by atoms with van der Waals surface area (Å²) in [5.41, 5.74) is 3.91. The molecule has 1 heteroatoms. The van der Waals surface area contributed by atoms with Gasteiger partial charge in [-0.1, -0.05) is 71.1 Å². The predicted octanol–water partition coefficient (Wildman–Crippen LogP) is 6.90. The molecule has 0 heterocycles. The summed E-state index contributed by atoms with van der Waals surface area (Å²) < 4.78 is 0. The number of hydrogen-bond donors (Lipinski definition) is 1. The molecule has 1 N–H and O–H groups in total. The summed E-state index contributed by atoms with van der Waals surface area (Å²) in [5, 5.41) is 3.68. The summed E-state index contributed by atoms with van der Waals surface area (Å²) in [5.74, 6) is 1.56. The first kappa shape index (κ1) is 22.8. The quantitative estimate of drug-likeness (QED) is 0.406. The third-order valence-corrected chi connectivity index (χ3v) is 5.30. The van der Waals surface area contributed by atoms with Crippen LogP contribution >= 0.6 is 0 Å². The van der Waals surface area contributed by atoms with Crippen molar-refractivity contribution in [2.75, 3.05) is 0 Å². The lowest BCUT2D eigenvalue weighted by Crippen LogP contribution is -2.36. The molecule has 0 aliphatic rings. The molecule has 3 unspecified atom stereocenters. The highest BCUT2D eigenvalue weighted by Crippen LogP contribution is 2.33. The lowest BCUT2D eigenvalue weighted by Gasteiger charge is -2.34. The lowest BCUT2D eigenvalue weighted by atomic mass is 9.78. The molecule has 0 spiro atoms. The monoisotopic (exact) mass is 331 g/mol. The molecule has 0 saturated heterocycles. The van der Waals surface area contributed by atoms with Crippen molar-refractivity contribution in [3.8, 4) is 0 Å². The van der Waals surface area contributed by atoms with Gasteiger partial charge < -0.3 is 5.32 Å². The Morgan fingerprint density at radius 1 is 1.12 bits per heavy atom. The van der Waals surface area contributed by atoms with Gasteiger partial charge in [-0.2, -0.15) is 0 Å². The Morgan fingerprint density at radius 3 is 2.04 bits per heavy atom. The van der Waals surface area contributed by atoms with Crippen molar-refractivity contribution in [3.05, 3.63) is 48.7 Å². The number of allylic oxidation sites excluding steroid dienone is 4. The summed E-state index contributed by atoms with van der Waals surface area (Å²) >= 11 is 0. The van der Waals surface area contributed by atoms with E-state index >= 15 is 0 Å². The molecular weight excluding hydrogens is 290 g/mol. The zero-order valence-electron chi connectivity index (χ0n) is 17.5. The summed E-state index contributed by atoms with van der Waals surface area (Å²) in [7, 11) is 0. The molecule has 138 valence electrons. The van der Waals surface area contributed by atoms with Crippen molar-refractivity contribution in [3.63, 3.8) is 0 Å². The van der Waals surface area contributed by atoms with Crippen LogP contribution in [0.5, 0.6) is 0 Å².